The lowest BCUT2D eigenvalue weighted by Gasteiger charge is -2.41. The van der Waals surface area contributed by atoms with Gasteiger partial charge in [-0.3, -0.25) is 9.59 Å². The molecule has 0 spiro atoms. The average Bonchev–Trinajstić information content (AvgIpc) is 3.62. The Labute approximate surface area is 198 Å². The quantitative estimate of drug-likeness (QED) is 0.721. The third-order valence-corrected chi connectivity index (χ3v) is 6.98. The molecule has 2 amide bonds. The summed E-state index contributed by atoms with van der Waals surface area (Å²) in [4.78, 5) is 31.8. The molecular weight excluding hydrogens is 438 g/mol. The van der Waals surface area contributed by atoms with Crippen molar-refractivity contribution in [3.8, 4) is 0 Å². The first-order chi connectivity index (χ1) is 16.3. The maximum absolute atomic E-state index is 14.1. The largest absolute Gasteiger partial charge is 0.365 e. The second-order valence-corrected chi connectivity index (χ2v) is 9.71. The molecule has 2 heterocycles. The minimum atomic E-state index is -2.80. The van der Waals surface area contributed by atoms with Crippen LogP contribution in [-0.4, -0.2) is 67.3 Å². The van der Waals surface area contributed by atoms with Crippen molar-refractivity contribution in [2.75, 3.05) is 50.0 Å². The summed E-state index contributed by atoms with van der Waals surface area (Å²) in [6, 6.07) is 14.8. The SMILES string of the molecule is CN1CCN(C(=O)c2ccc(NC(=O)C3CC3)cc2N2CCC(F)(F)C2)C(c2ccccc2)C1. The predicted molar refractivity (Wildman–Crippen MR) is 127 cm³/mol. The van der Waals surface area contributed by atoms with E-state index in [2.05, 4.69) is 10.2 Å². The van der Waals surface area contributed by atoms with E-state index in [9.17, 15) is 18.4 Å². The van der Waals surface area contributed by atoms with Crippen molar-refractivity contribution in [2.24, 2.45) is 5.92 Å². The molecule has 1 saturated carbocycles. The van der Waals surface area contributed by atoms with Gasteiger partial charge in [0.1, 0.15) is 0 Å². The first kappa shape index (κ1) is 22.8. The summed E-state index contributed by atoms with van der Waals surface area (Å²) in [6.45, 7) is 1.71. The maximum atomic E-state index is 14.1. The Kier molecular flexibility index (Phi) is 6.02. The fourth-order valence-corrected chi connectivity index (χ4v) is 4.86. The highest BCUT2D eigenvalue weighted by Gasteiger charge is 2.40. The van der Waals surface area contributed by atoms with Crippen molar-refractivity contribution >= 4 is 23.2 Å². The van der Waals surface area contributed by atoms with Crippen LogP contribution in [0.4, 0.5) is 20.2 Å². The average molecular weight is 469 g/mol. The third kappa shape index (κ3) is 4.78. The number of carbonyl (C=O) groups is 2. The number of benzene rings is 2. The van der Waals surface area contributed by atoms with Crippen LogP contribution in [0.2, 0.25) is 0 Å². The summed E-state index contributed by atoms with van der Waals surface area (Å²) in [5, 5.41) is 2.89. The van der Waals surface area contributed by atoms with Gasteiger partial charge >= 0.3 is 0 Å². The van der Waals surface area contributed by atoms with Crippen LogP contribution < -0.4 is 10.2 Å². The van der Waals surface area contributed by atoms with E-state index in [0.717, 1.165) is 24.9 Å². The molecule has 2 aromatic rings. The van der Waals surface area contributed by atoms with Gasteiger partial charge in [0, 0.05) is 44.2 Å². The monoisotopic (exact) mass is 468 g/mol. The minimum absolute atomic E-state index is 0.0258. The number of nitrogens with zero attached hydrogens (tertiary/aromatic N) is 3. The van der Waals surface area contributed by atoms with Crippen LogP contribution in [0.15, 0.2) is 48.5 Å². The smallest absolute Gasteiger partial charge is 0.266 e. The van der Waals surface area contributed by atoms with E-state index < -0.39 is 12.5 Å². The van der Waals surface area contributed by atoms with Crippen LogP contribution >= 0.6 is 0 Å². The van der Waals surface area contributed by atoms with E-state index in [-0.39, 0.29) is 36.7 Å². The Morgan fingerprint density at radius 3 is 2.47 bits per heavy atom. The van der Waals surface area contributed by atoms with Gasteiger partial charge < -0.3 is 20.0 Å². The number of nitrogens with one attached hydrogen (secondary N) is 1. The first-order valence-electron chi connectivity index (χ1n) is 11.9. The molecular formula is C26H30F2N4O2. The lowest BCUT2D eigenvalue weighted by Crippen LogP contribution is -2.49. The number of hydrogen-bond acceptors (Lipinski definition) is 4. The van der Waals surface area contributed by atoms with E-state index >= 15 is 0 Å². The number of piperazine rings is 1. The molecule has 0 radical (unpaired) electrons. The number of likely N-dealkylation sites (N-methyl/N-ethyl adjacent to an activating group) is 1. The van der Waals surface area contributed by atoms with E-state index in [1.807, 2.05) is 42.3 Å². The van der Waals surface area contributed by atoms with Crippen LogP contribution in [0.1, 0.15) is 41.2 Å². The molecule has 0 bridgehead atoms. The Bertz CT molecular complexity index is 1070. The molecule has 180 valence electrons. The van der Waals surface area contributed by atoms with Crippen molar-refractivity contribution in [1.29, 1.82) is 0 Å². The lowest BCUT2D eigenvalue weighted by molar-refractivity contribution is -0.117. The third-order valence-electron chi connectivity index (χ3n) is 6.98. The summed E-state index contributed by atoms with van der Waals surface area (Å²) < 4.78 is 28.2. The Morgan fingerprint density at radius 1 is 1.03 bits per heavy atom. The van der Waals surface area contributed by atoms with E-state index in [0.29, 0.717) is 30.0 Å². The summed E-state index contributed by atoms with van der Waals surface area (Å²) in [6.07, 6.45) is 1.50. The molecule has 1 N–H and O–H groups in total. The fourth-order valence-electron chi connectivity index (χ4n) is 4.86. The highest BCUT2D eigenvalue weighted by atomic mass is 19.3. The van der Waals surface area contributed by atoms with Crippen LogP contribution in [-0.2, 0) is 4.79 Å². The van der Waals surface area contributed by atoms with Gasteiger partial charge in [-0.25, -0.2) is 8.78 Å². The van der Waals surface area contributed by atoms with E-state index in [1.165, 1.54) is 0 Å². The highest BCUT2D eigenvalue weighted by molar-refractivity contribution is 6.02. The Hall–Kier alpha value is -3.00. The van der Waals surface area contributed by atoms with Crippen molar-refractivity contribution in [2.45, 2.75) is 31.2 Å². The zero-order chi connectivity index (χ0) is 23.9. The predicted octanol–water partition coefficient (Wildman–Crippen LogP) is 4.01. The zero-order valence-corrected chi connectivity index (χ0v) is 19.3. The number of halogens is 2. The number of amides is 2. The topological polar surface area (TPSA) is 55.9 Å². The maximum Gasteiger partial charge on any atom is 0.266 e. The molecule has 3 aliphatic rings. The summed E-state index contributed by atoms with van der Waals surface area (Å²) in [5.41, 5.74) is 2.44. The summed E-state index contributed by atoms with van der Waals surface area (Å²) in [5.74, 6) is -3.00. The van der Waals surface area contributed by atoms with Gasteiger partial charge in [-0.1, -0.05) is 30.3 Å². The van der Waals surface area contributed by atoms with Gasteiger partial charge in [-0.15, -0.1) is 0 Å². The molecule has 2 aliphatic heterocycles. The molecule has 3 fully saturated rings. The van der Waals surface area contributed by atoms with Crippen molar-refractivity contribution in [3.63, 3.8) is 0 Å². The fraction of sp³-hybridized carbons (Fsp3) is 0.462. The Morgan fingerprint density at radius 2 is 1.79 bits per heavy atom. The second-order valence-electron chi connectivity index (χ2n) is 9.71. The molecule has 2 saturated heterocycles. The Balaban J connectivity index is 1.48. The molecule has 0 aromatic heterocycles. The molecule has 5 rings (SSSR count). The number of hydrogen-bond donors (Lipinski definition) is 1. The molecule has 1 unspecified atom stereocenters. The van der Waals surface area contributed by atoms with Gasteiger partial charge in [0.05, 0.1) is 23.8 Å². The van der Waals surface area contributed by atoms with Crippen LogP contribution in [0.25, 0.3) is 0 Å². The van der Waals surface area contributed by atoms with Crippen LogP contribution in [0.3, 0.4) is 0 Å². The first-order valence-corrected chi connectivity index (χ1v) is 11.9. The van der Waals surface area contributed by atoms with Crippen molar-refractivity contribution in [1.82, 2.24) is 9.80 Å². The normalized spacial score (nSPS) is 22.6. The minimum Gasteiger partial charge on any atom is -0.365 e. The van der Waals surface area contributed by atoms with Crippen LogP contribution in [0, 0.1) is 5.92 Å². The number of carbonyl (C=O) groups excluding carboxylic acids is 2. The number of anilines is 2. The summed E-state index contributed by atoms with van der Waals surface area (Å²) in [7, 11) is 2.03. The molecule has 2 aromatic carbocycles. The molecule has 8 heteroatoms. The molecule has 1 atom stereocenters. The van der Waals surface area contributed by atoms with Crippen molar-refractivity contribution in [3.05, 3.63) is 59.7 Å². The molecule has 6 nitrogen and oxygen atoms in total. The highest BCUT2D eigenvalue weighted by Crippen LogP contribution is 2.37. The zero-order valence-electron chi connectivity index (χ0n) is 19.3. The van der Waals surface area contributed by atoms with Gasteiger partial charge in [0.25, 0.3) is 11.8 Å². The number of alkyl halides is 2. The standard InChI is InChI=1S/C26H30F2N4O2/c1-30-13-14-32(23(16-30)18-5-3-2-4-6-18)25(34)21-10-9-20(29-24(33)19-7-8-19)15-22(21)31-12-11-26(27,28)17-31/h2-6,9-10,15,19,23H,7-8,11-14,16-17H2,1H3,(H,29,33). The van der Waals surface area contributed by atoms with Gasteiger partial charge in [-0.05, 0) is 43.7 Å². The van der Waals surface area contributed by atoms with Crippen LogP contribution in [0.5, 0.6) is 0 Å². The lowest BCUT2D eigenvalue weighted by atomic mass is 10.0. The molecule has 1 aliphatic carbocycles. The molecule has 34 heavy (non-hydrogen) atoms. The summed E-state index contributed by atoms with van der Waals surface area (Å²) >= 11 is 0. The second kappa shape index (κ2) is 8.98. The van der Waals surface area contributed by atoms with Crippen molar-refractivity contribution < 1.29 is 18.4 Å². The van der Waals surface area contributed by atoms with E-state index in [4.69, 9.17) is 0 Å². The van der Waals surface area contributed by atoms with E-state index in [1.54, 1.807) is 23.1 Å². The van der Waals surface area contributed by atoms with Gasteiger partial charge in [0.15, 0.2) is 0 Å². The number of rotatable bonds is 5. The van der Waals surface area contributed by atoms with Gasteiger partial charge in [0.2, 0.25) is 5.91 Å². The van der Waals surface area contributed by atoms with Gasteiger partial charge in [-0.2, -0.15) is 0 Å².